The third kappa shape index (κ3) is 4.81. The number of aliphatic carboxylic acids is 1. The maximum atomic E-state index is 11.8. The van der Waals surface area contributed by atoms with E-state index >= 15 is 0 Å². The van der Waals surface area contributed by atoms with Gasteiger partial charge in [-0.25, -0.2) is 4.79 Å². The lowest BCUT2D eigenvalue weighted by molar-refractivity contribution is -0.138. The van der Waals surface area contributed by atoms with Crippen molar-refractivity contribution in [2.75, 3.05) is 5.32 Å². The summed E-state index contributed by atoms with van der Waals surface area (Å²) in [6.45, 7) is 4.32. The van der Waals surface area contributed by atoms with Gasteiger partial charge in [0.2, 0.25) is 0 Å². The summed E-state index contributed by atoms with van der Waals surface area (Å²) in [6.07, 6.45) is 3.23. The van der Waals surface area contributed by atoms with Gasteiger partial charge in [0.1, 0.15) is 17.3 Å². The molecule has 2 N–H and O–H groups in total. The molecule has 0 fully saturated rings. The molecule has 3 rings (SSSR count). The van der Waals surface area contributed by atoms with Gasteiger partial charge in [-0.05, 0) is 54.3 Å². The second kappa shape index (κ2) is 9.06. The van der Waals surface area contributed by atoms with Crippen LogP contribution in [0, 0.1) is 0 Å². The Kier molecular flexibility index (Phi) is 6.52. The number of carboxylic acid groups (broad SMARTS) is 1. The molecule has 0 aliphatic carbocycles. The number of hydrogen-bond acceptors (Lipinski definition) is 5. The van der Waals surface area contributed by atoms with Crippen molar-refractivity contribution in [3.63, 3.8) is 0 Å². The van der Waals surface area contributed by atoms with Crippen LogP contribution >= 0.6 is 12.6 Å². The quantitative estimate of drug-likeness (QED) is 0.394. The van der Waals surface area contributed by atoms with Gasteiger partial charge in [-0.3, -0.25) is 0 Å². The van der Waals surface area contributed by atoms with Gasteiger partial charge in [0.05, 0.1) is 11.5 Å². The first-order valence-electron chi connectivity index (χ1n) is 9.37. The highest BCUT2D eigenvalue weighted by molar-refractivity contribution is 7.80. The lowest BCUT2D eigenvalue weighted by Crippen LogP contribution is -2.20. The van der Waals surface area contributed by atoms with E-state index in [1.807, 2.05) is 36.4 Å². The van der Waals surface area contributed by atoms with Crippen molar-refractivity contribution < 1.29 is 18.7 Å². The molecule has 0 spiro atoms. The van der Waals surface area contributed by atoms with E-state index in [1.54, 1.807) is 18.4 Å². The van der Waals surface area contributed by atoms with E-state index < -0.39 is 12.0 Å². The Morgan fingerprint density at radius 3 is 2.46 bits per heavy atom. The van der Waals surface area contributed by atoms with Crippen molar-refractivity contribution in [2.24, 2.45) is 0 Å². The standard InChI is InChI=1S/C22H25NO4S/c1-3-14(2)15-6-8-16(9-7-15)23-21(22(24)25)19-11-10-18(27-19)20(28)13-17-5-4-12-26-17/h4-12,14,20-21,23,28H,3,13H2,1-2H3,(H,24,25). The molecule has 0 saturated carbocycles. The van der Waals surface area contributed by atoms with Crippen LogP contribution < -0.4 is 5.32 Å². The fourth-order valence-corrected chi connectivity index (χ4v) is 3.31. The molecule has 0 bridgehead atoms. The Morgan fingerprint density at radius 2 is 1.86 bits per heavy atom. The topological polar surface area (TPSA) is 75.6 Å². The Labute approximate surface area is 170 Å². The van der Waals surface area contributed by atoms with E-state index in [2.05, 4.69) is 31.8 Å². The van der Waals surface area contributed by atoms with E-state index in [1.165, 1.54) is 5.56 Å². The summed E-state index contributed by atoms with van der Waals surface area (Å²) in [4.78, 5) is 11.8. The largest absolute Gasteiger partial charge is 0.479 e. The molecule has 0 saturated heterocycles. The van der Waals surface area contributed by atoms with Crippen LogP contribution in [0.25, 0.3) is 0 Å². The summed E-state index contributed by atoms with van der Waals surface area (Å²) in [5, 5.41) is 12.5. The minimum Gasteiger partial charge on any atom is -0.479 e. The molecule has 0 radical (unpaired) electrons. The maximum absolute atomic E-state index is 11.8. The number of anilines is 1. The molecule has 28 heavy (non-hydrogen) atoms. The van der Waals surface area contributed by atoms with Gasteiger partial charge in [0, 0.05) is 12.1 Å². The number of furan rings is 2. The summed E-state index contributed by atoms with van der Waals surface area (Å²) >= 11 is 4.56. The molecule has 0 aliphatic heterocycles. The first kappa shape index (κ1) is 20.1. The predicted octanol–water partition coefficient (Wildman–Crippen LogP) is 5.84. The molecule has 3 aromatic rings. The van der Waals surface area contributed by atoms with Crippen LogP contribution in [-0.2, 0) is 11.2 Å². The number of rotatable bonds is 9. The fourth-order valence-electron chi connectivity index (χ4n) is 2.99. The third-order valence-electron chi connectivity index (χ3n) is 4.89. The van der Waals surface area contributed by atoms with Crippen molar-refractivity contribution in [1.29, 1.82) is 0 Å². The van der Waals surface area contributed by atoms with Gasteiger partial charge in [-0.1, -0.05) is 26.0 Å². The first-order valence-corrected chi connectivity index (χ1v) is 9.89. The highest BCUT2D eigenvalue weighted by atomic mass is 32.1. The summed E-state index contributed by atoms with van der Waals surface area (Å²) in [6, 6.07) is 14.0. The molecule has 148 valence electrons. The zero-order chi connectivity index (χ0) is 20.1. The SMILES string of the molecule is CCC(C)c1ccc(NC(C(=O)O)c2ccc(C(S)Cc3ccco3)o2)cc1. The van der Waals surface area contributed by atoms with Crippen LogP contribution in [0.3, 0.4) is 0 Å². The highest BCUT2D eigenvalue weighted by Crippen LogP contribution is 2.30. The summed E-state index contributed by atoms with van der Waals surface area (Å²) in [5.74, 6) is 1.21. The minimum atomic E-state index is -1.01. The number of thiol groups is 1. The lowest BCUT2D eigenvalue weighted by atomic mass is 9.98. The van der Waals surface area contributed by atoms with Gasteiger partial charge in [0.15, 0.2) is 6.04 Å². The normalized spacial score (nSPS) is 14.4. The van der Waals surface area contributed by atoms with Gasteiger partial charge in [-0.15, -0.1) is 0 Å². The van der Waals surface area contributed by atoms with E-state index in [9.17, 15) is 9.90 Å². The Balaban J connectivity index is 1.72. The van der Waals surface area contributed by atoms with Crippen LogP contribution in [0.15, 0.2) is 63.6 Å². The number of hydrogen-bond donors (Lipinski definition) is 3. The minimum absolute atomic E-state index is 0.218. The molecule has 6 heteroatoms. The van der Waals surface area contributed by atoms with Crippen molar-refractivity contribution in [3.8, 4) is 0 Å². The van der Waals surface area contributed by atoms with Gasteiger partial charge in [0.25, 0.3) is 0 Å². The first-order chi connectivity index (χ1) is 13.5. The molecule has 3 unspecified atom stereocenters. The average molecular weight is 400 g/mol. The highest BCUT2D eigenvalue weighted by Gasteiger charge is 2.25. The molecule has 2 heterocycles. The van der Waals surface area contributed by atoms with Gasteiger partial charge >= 0.3 is 5.97 Å². The molecule has 5 nitrogen and oxygen atoms in total. The second-order valence-electron chi connectivity index (χ2n) is 6.89. The third-order valence-corrected chi connectivity index (χ3v) is 5.32. The van der Waals surface area contributed by atoms with E-state index in [-0.39, 0.29) is 5.25 Å². The summed E-state index contributed by atoms with van der Waals surface area (Å²) in [5.41, 5.74) is 1.96. The second-order valence-corrected chi connectivity index (χ2v) is 7.51. The Bertz CT molecular complexity index is 886. The van der Waals surface area contributed by atoms with Crippen molar-refractivity contribution >= 4 is 24.3 Å². The van der Waals surface area contributed by atoms with Gasteiger partial charge < -0.3 is 19.3 Å². The molecule has 0 amide bonds. The summed E-state index contributed by atoms with van der Waals surface area (Å²) in [7, 11) is 0. The monoisotopic (exact) mass is 399 g/mol. The van der Waals surface area contributed by atoms with Crippen LogP contribution in [0.2, 0.25) is 0 Å². The van der Waals surface area contributed by atoms with E-state index in [4.69, 9.17) is 8.83 Å². The number of carboxylic acids is 1. The zero-order valence-electron chi connectivity index (χ0n) is 16.0. The number of carbonyl (C=O) groups is 1. The van der Waals surface area contributed by atoms with Crippen molar-refractivity contribution in [1.82, 2.24) is 0 Å². The van der Waals surface area contributed by atoms with Crippen LogP contribution in [0.4, 0.5) is 5.69 Å². The number of benzene rings is 1. The average Bonchev–Trinajstić information content (AvgIpc) is 3.37. The molecule has 0 aliphatic rings. The molecule has 1 aromatic carbocycles. The van der Waals surface area contributed by atoms with Gasteiger partial charge in [-0.2, -0.15) is 12.6 Å². The molecular formula is C22H25NO4S. The summed E-state index contributed by atoms with van der Waals surface area (Å²) < 4.78 is 11.1. The Hall–Kier alpha value is -2.60. The fraction of sp³-hybridized carbons (Fsp3) is 0.318. The van der Waals surface area contributed by atoms with Crippen molar-refractivity contribution in [3.05, 3.63) is 77.6 Å². The van der Waals surface area contributed by atoms with E-state index in [0.29, 0.717) is 23.9 Å². The van der Waals surface area contributed by atoms with E-state index in [0.717, 1.165) is 17.9 Å². The molecular weight excluding hydrogens is 374 g/mol. The zero-order valence-corrected chi connectivity index (χ0v) is 16.9. The maximum Gasteiger partial charge on any atom is 0.334 e. The smallest absolute Gasteiger partial charge is 0.334 e. The Morgan fingerprint density at radius 1 is 1.14 bits per heavy atom. The molecule has 3 atom stereocenters. The van der Waals surface area contributed by atoms with Crippen LogP contribution in [0.5, 0.6) is 0 Å². The van der Waals surface area contributed by atoms with Crippen LogP contribution in [-0.4, -0.2) is 11.1 Å². The van der Waals surface area contributed by atoms with Crippen molar-refractivity contribution in [2.45, 2.75) is 43.9 Å². The van der Waals surface area contributed by atoms with Crippen LogP contribution in [0.1, 0.15) is 60.3 Å². The predicted molar refractivity (Wildman–Crippen MR) is 112 cm³/mol. The number of nitrogens with one attached hydrogen (secondary N) is 1. The lowest BCUT2D eigenvalue weighted by Gasteiger charge is -2.15. The molecule has 2 aromatic heterocycles.